The van der Waals surface area contributed by atoms with Gasteiger partial charge in [-0.3, -0.25) is 4.79 Å². The highest BCUT2D eigenvalue weighted by Crippen LogP contribution is 2.24. The molecule has 0 atom stereocenters. The van der Waals surface area contributed by atoms with Crippen molar-refractivity contribution in [2.75, 3.05) is 19.0 Å². The van der Waals surface area contributed by atoms with Gasteiger partial charge in [0.1, 0.15) is 5.75 Å². The third kappa shape index (κ3) is 4.37. The Morgan fingerprint density at radius 2 is 2.00 bits per heavy atom. The number of hydrogen-bond acceptors (Lipinski definition) is 6. The molecule has 1 aromatic heterocycles. The number of ether oxygens (including phenoxy) is 1. The summed E-state index contributed by atoms with van der Waals surface area (Å²) in [5.41, 5.74) is 3.14. The maximum atomic E-state index is 12.0. The first-order chi connectivity index (χ1) is 12.5. The number of aromatic nitrogens is 1. The van der Waals surface area contributed by atoms with E-state index < -0.39 is 0 Å². The molecule has 0 aliphatic carbocycles. The Morgan fingerprint density at radius 3 is 2.73 bits per heavy atom. The fourth-order valence-electron chi connectivity index (χ4n) is 2.39. The molecule has 0 radical (unpaired) electrons. The lowest BCUT2D eigenvalue weighted by Gasteiger charge is -2.06. The highest BCUT2D eigenvalue weighted by atomic mass is 32.1. The van der Waals surface area contributed by atoms with Crippen molar-refractivity contribution in [2.45, 2.75) is 13.8 Å². The van der Waals surface area contributed by atoms with Gasteiger partial charge in [-0.2, -0.15) is 0 Å². The van der Waals surface area contributed by atoms with E-state index in [0.29, 0.717) is 11.4 Å². The van der Waals surface area contributed by atoms with Crippen LogP contribution in [0.1, 0.15) is 17.5 Å². The van der Waals surface area contributed by atoms with Gasteiger partial charge in [-0.05, 0) is 61.9 Å². The molecule has 0 bridgehead atoms. The number of methoxy groups -OCH3 is 1. The third-order valence-corrected chi connectivity index (χ3v) is 4.64. The van der Waals surface area contributed by atoms with Crippen LogP contribution in [0.2, 0.25) is 0 Å². The van der Waals surface area contributed by atoms with Crippen molar-refractivity contribution in [1.29, 1.82) is 0 Å². The third-order valence-electron chi connectivity index (χ3n) is 3.68. The summed E-state index contributed by atoms with van der Waals surface area (Å²) in [6.45, 7) is 3.61. The van der Waals surface area contributed by atoms with Crippen LogP contribution in [0.25, 0.3) is 10.2 Å². The number of rotatable bonds is 6. The van der Waals surface area contributed by atoms with Crippen molar-refractivity contribution in [3.63, 3.8) is 0 Å². The van der Waals surface area contributed by atoms with E-state index in [-0.39, 0.29) is 12.5 Å². The summed E-state index contributed by atoms with van der Waals surface area (Å²) in [4.78, 5) is 21.6. The molecule has 3 aromatic rings. The summed E-state index contributed by atoms with van der Waals surface area (Å²) < 4.78 is 6.21. The Hall–Kier alpha value is -2.93. The Kier molecular flexibility index (Phi) is 5.48. The van der Waals surface area contributed by atoms with E-state index in [9.17, 15) is 4.79 Å². The minimum atomic E-state index is -0.275. The number of anilines is 1. The van der Waals surface area contributed by atoms with Gasteiger partial charge in [0.05, 0.1) is 28.0 Å². The fraction of sp³-hybridized carbons (Fsp3) is 0.211. The maximum Gasteiger partial charge on any atom is 0.265 e. The number of thiazole rings is 1. The lowest BCUT2D eigenvalue weighted by molar-refractivity contribution is -0.120. The standard InChI is InChI=1S/C19H19N3O3S/c1-12(14-4-7-16(24-3)8-5-14)22-25-11-19(23)21-15-6-9-18-17(10-15)20-13(2)26-18/h4-10H,11H2,1-3H3,(H,21,23)/b22-12-. The van der Waals surface area contributed by atoms with Crippen LogP contribution in [0.5, 0.6) is 5.75 Å². The Morgan fingerprint density at radius 1 is 1.23 bits per heavy atom. The number of carbonyl (C=O) groups is 1. The van der Waals surface area contributed by atoms with E-state index >= 15 is 0 Å². The summed E-state index contributed by atoms with van der Waals surface area (Å²) in [5, 5.41) is 7.77. The smallest absolute Gasteiger partial charge is 0.265 e. The zero-order valence-corrected chi connectivity index (χ0v) is 15.6. The molecule has 1 amide bonds. The van der Waals surface area contributed by atoms with Gasteiger partial charge >= 0.3 is 0 Å². The monoisotopic (exact) mass is 369 g/mol. The van der Waals surface area contributed by atoms with Gasteiger partial charge in [0, 0.05) is 5.69 Å². The molecule has 0 aliphatic rings. The van der Waals surface area contributed by atoms with E-state index in [1.807, 2.05) is 56.3 Å². The van der Waals surface area contributed by atoms with Gasteiger partial charge in [0.2, 0.25) is 0 Å². The molecule has 1 heterocycles. The quantitative estimate of drug-likeness (QED) is 0.527. The molecule has 0 unspecified atom stereocenters. The molecule has 26 heavy (non-hydrogen) atoms. The Labute approximate surface area is 155 Å². The predicted molar refractivity (Wildman–Crippen MR) is 104 cm³/mol. The highest BCUT2D eigenvalue weighted by Gasteiger charge is 2.06. The molecule has 1 N–H and O–H groups in total. The first-order valence-electron chi connectivity index (χ1n) is 8.03. The first kappa shape index (κ1) is 17.9. The molecule has 0 aliphatic heterocycles. The molecule has 0 spiro atoms. The first-order valence-corrected chi connectivity index (χ1v) is 8.85. The molecular formula is C19H19N3O3S. The summed E-state index contributed by atoms with van der Waals surface area (Å²) in [5.74, 6) is 0.497. The van der Waals surface area contributed by atoms with Crippen LogP contribution in [0, 0.1) is 6.92 Å². The Bertz CT molecular complexity index is 948. The molecule has 134 valence electrons. The van der Waals surface area contributed by atoms with Gasteiger partial charge in [-0.15, -0.1) is 11.3 Å². The second-order valence-corrected chi connectivity index (χ2v) is 6.88. The zero-order valence-electron chi connectivity index (χ0n) is 14.8. The van der Waals surface area contributed by atoms with Crippen LogP contribution >= 0.6 is 11.3 Å². The number of benzene rings is 2. The van der Waals surface area contributed by atoms with Crippen molar-refractivity contribution >= 4 is 38.9 Å². The molecule has 6 nitrogen and oxygen atoms in total. The van der Waals surface area contributed by atoms with Crippen LogP contribution in [-0.4, -0.2) is 30.3 Å². The van der Waals surface area contributed by atoms with Crippen molar-refractivity contribution in [3.8, 4) is 5.75 Å². The van der Waals surface area contributed by atoms with Crippen LogP contribution in [0.15, 0.2) is 47.6 Å². The molecule has 0 saturated heterocycles. The number of oxime groups is 1. The topological polar surface area (TPSA) is 72.8 Å². The predicted octanol–water partition coefficient (Wildman–Crippen LogP) is 3.99. The second-order valence-electron chi connectivity index (χ2n) is 5.64. The molecule has 3 rings (SSSR count). The van der Waals surface area contributed by atoms with E-state index in [1.54, 1.807) is 18.4 Å². The second kappa shape index (κ2) is 7.97. The van der Waals surface area contributed by atoms with Crippen LogP contribution < -0.4 is 10.1 Å². The van der Waals surface area contributed by atoms with E-state index in [4.69, 9.17) is 9.57 Å². The number of nitrogens with zero attached hydrogens (tertiary/aromatic N) is 2. The number of nitrogens with one attached hydrogen (secondary N) is 1. The number of aryl methyl sites for hydroxylation is 1. The molecule has 0 saturated carbocycles. The average Bonchev–Trinajstić information content (AvgIpc) is 3.01. The van der Waals surface area contributed by atoms with Gasteiger partial charge in [0.15, 0.2) is 6.61 Å². The van der Waals surface area contributed by atoms with Gasteiger partial charge in [-0.25, -0.2) is 4.98 Å². The lowest BCUT2D eigenvalue weighted by Crippen LogP contribution is -2.17. The summed E-state index contributed by atoms with van der Waals surface area (Å²) in [6.07, 6.45) is 0. The molecule has 2 aromatic carbocycles. The maximum absolute atomic E-state index is 12.0. The van der Waals surface area contributed by atoms with Crippen molar-refractivity contribution in [3.05, 3.63) is 53.0 Å². The molecule has 0 fully saturated rings. The Balaban J connectivity index is 1.55. The van der Waals surface area contributed by atoms with Gasteiger partial charge in [0.25, 0.3) is 5.91 Å². The SMILES string of the molecule is COc1ccc(/C(C)=N\OCC(=O)Nc2ccc3sc(C)nc3c2)cc1. The van der Waals surface area contributed by atoms with E-state index in [2.05, 4.69) is 15.5 Å². The number of hydrogen-bond donors (Lipinski definition) is 1. The van der Waals surface area contributed by atoms with Crippen LogP contribution in [0.4, 0.5) is 5.69 Å². The summed E-state index contributed by atoms with van der Waals surface area (Å²) in [6, 6.07) is 13.1. The zero-order chi connectivity index (χ0) is 18.5. The van der Waals surface area contributed by atoms with Gasteiger partial charge < -0.3 is 14.9 Å². The van der Waals surface area contributed by atoms with Crippen LogP contribution in [-0.2, 0) is 9.63 Å². The fourth-order valence-corrected chi connectivity index (χ4v) is 3.20. The number of amides is 1. The van der Waals surface area contributed by atoms with Crippen LogP contribution in [0.3, 0.4) is 0 Å². The lowest BCUT2D eigenvalue weighted by atomic mass is 10.1. The number of carbonyl (C=O) groups excluding carboxylic acids is 1. The van der Waals surface area contributed by atoms with Crippen molar-refractivity contribution < 1.29 is 14.4 Å². The minimum absolute atomic E-state index is 0.165. The number of fused-ring (bicyclic) bond motifs is 1. The summed E-state index contributed by atoms with van der Waals surface area (Å²) in [7, 11) is 1.62. The summed E-state index contributed by atoms with van der Waals surface area (Å²) >= 11 is 1.62. The van der Waals surface area contributed by atoms with Crippen molar-refractivity contribution in [2.24, 2.45) is 5.16 Å². The highest BCUT2D eigenvalue weighted by molar-refractivity contribution is 7.18. The molecular weight excluding hydrogens is 350 g/mol. The van der Waals surface area contributed by atoms with Gasteiger partial charge in [-0.1, -0.05) is 5.16 Å². The normalized spacial score (nSPS) is 11.4. The largest absolute Gasteiger partial charge is 0.497 e. The van der Waals surface area contributed by atoms with E-state index in [0.717, 1.165) is 26.5 Å². The minimum Gasteiger partial charge on any atom is -0.497 e. The van der Waals surface area contributed by atoms with Crippen molar-refractivity contribution in [1.82, 2.24) is 4.98 Å². The average molecular weight is 369 g/mol. The van der Waals surface area contributed by atoms with E-state index in [1.165, 1.54) is 0 Å². The molecule has 7 heteroatoms.